The van der Waals surface area contributed by atoms with E-state index in [1.807, 2.05) is 0 Å². The number of pyridine rings is 1. The number of methoxy groups -OCH3 is 1. The molecule has 0 fully saturated rings. The lowest BCUT2D eigenvalue weighted by Gasteiger charge is -2.10. The van der Waals surface area contributed by atoms with Gasteiger partial charge in [-0.1, -0.05) is 0 Å². The predicted octanol–water partition coefficient (Wildman–Crippen LogP) is 0.436. The fraction of sp³-hybridized carbons (Fsp3) is 0.333. The summed E-state index contributed by atoms with van der Waals surface area (Å²) < 4.78 is 17.1. The van der Waals surface area contributed by atoms with Crippen LogP contribution in [0.25, 0.3) is 0 Å². The molecule has 1 heterocycles. The smallest absolute Gasteiger partial charge is 0.316 e. The first-order valence-electron chi connectivity index (χ1n) is 4.08. The van der Waals surface area contributed by atoms with Crippen LogP contribution in [0.1, 0.15) is 11.6 Å². The molecule has 0 spiro atoms. The standard InChI is InChI=1S/C9H11FN2O2/c1-14-9(13)7(4-11)8-3-2-6(10)5-12-8/h2-3,5,7H,4,11H2,1H3. The molecule has 0 aliphatic heterocycles. The number of ether oxygens (including phenoxy) is 1. The monoisotopic (exact) mass is 198 g/mol. The topological polar surface area (TPSA) is 65.2 Å². The van der Waals surface area contributed by atoms with Crippen LogP contribution in [0.2, 0.25) is 0 Å². The highest BCUT2D eigenvalue weighted by Crippen LogP contribution is 2.13. The van der Waals surface area contributed by atoms with Gasteiger partial charge in [0.1, 0.15) is 11.7 Å². The Kier molecular flexibility index (Phi) is 3.53. The van der Waals surface area contributed by atoms with Crippen molar-refractivity contribution in [3.05, 3.63) is 29.8 Å². The highest BCUT2D eigenvalue weighted by Gasteiger charge is 2.20. The van der Waals surface area contributed by atoms with Crippen LogP contribution in [0, 0.1) is 5.82 Å². The lowest BCUT2D eigenvalue weighted by Crippen LogP contribution is -2.23. The van der Waals surface area contributed by atoms with E-state index in [1.54, 1.807) is 0 Å². The van der Waals surface area contributed by atoms with Gasteiger partial charge in [-0.05, 0) is 12.1 Å². The molecular formula is C9H11FN2O2. The summed E-state index contributed by atoms with van der Waals surface area (Å²) >= 11 is 0. The van der Waals surface area contributed by atoms with Crippen LogP contribution in [0.4, 0.5) is 4.39 Å². The van der Waals surface area contributed by atoms with Crippen LogP contribution < -0.4 is 5.73 Å². The van der Waals surface area contributed by atoms with Crippen molar-refractivity contribution in [2.75, 3.05) is 13.7 Å². The van der Waals surface area contributed by atoms with Crippen molar-refractivity contribution in [2.24, 2.45) is 5.73 Å². The minimum absolute atomic E-state index is 0.0886. The maximum absolute atomic E-state index is 12.5. The van der Waals surface area contributed by atoms with E-state index in [1.165, 1.54) is 19.2 Å². The molecule has 1 aromatic rings. The van der Waals surface area contributed by atoms with Crippen LogP contribution in [0.15, 0.2) is 18.3 Å². The van der Waals surface area contributed by atoms with Crippen LogP contribution in [-0.2, 0) is 9.53 Å². The second kappa shape index (κ2) is 4.66. The quantitative estimate of drug-likeness (QED) is 0.715. The summed E-state index contributed by atoms with van der Waals surface area (Å²) in [5, 5.41) is 0. The zero-order valence-corrected chi connectivity index (χ0v) is 7.74. The van der Waals surface area contributed by atoms with Gasteiger partial charge < -0.3 is 10.5 Å². The maximum Gasteiger partial charge on any atom is 0.316 e. The summed E-state index contributed by atoms with van der Waals surface area (Å²) in [5.74, 6) is -1.54. The highest BCUT2D eigenvalue weighted by molar-refractivity contribution is 5.77. The molecule has 0 aliphatic carbocycles. The Morgan fingerprint density at radius 3 is 2.86 bits per heavy atom. The fourth-order valence-electron chi connectivity index (χ4n) is 1.07. The molecule has 1 aromatic heterocycles. The Morgan fingerprint density at radius 1 is 1.71 bits per heavy atom. The SMILES string of the molecule is COC(=O)C(CN)c1ccc(F)cn1. The molecule has 76 valence electrons. The number of hydrogen-bond acceptors (Lipinski definition) is 4. The van der Waals surface area contributed by atoms with Crippen molar-refractivity contribution in [2.45, 2.75) is 5.92 Å². The van der Waals surface area contributed by atoms with Crippen LogP contribution in [-0.4, -0.2) is 24.6 Å². The van der Waals surface area contributed by atoms with Gasteiger partial charge in [-0.2, -0.15) is 0 Å². The molecule has 1 unspecified atom stereocenters. The first-order valence-corrected chi connectivity index (χ1v) is 4.08. The van der Waals surface area contributed by atoms with Gasteiger partial charge in [0.25, 0.3) is 0 Å². The number of nitrogens with two attached hydrogens (primary N) is 1. The molecule has 0 aliphatic rings. The zero-order valence-electron chi connectivity index (χ0n) is 7.74. The number of nitrogens with zero attached hydrogens (tertiary/aromatic N) is 1. The van der Waals surface area contributed by atoms with Crippen molar-refractivity contribution in [3.8, 4) is 0 Å². The van der Waals surface area contributed by atoms with E-state index in [2.05, 4.69) is 9.72 Å². The van der Waals surface area contributed by atoms with Gasteiger partial charge in [0.2, 0.25) is 0 Å². The average molecular weight is 198 g/mol. The second-order valence-corrected chi connectivity index (χ2v) is 2.71. The second-order valence-electron chi connectivity index (χ2n) is 2.71. The van der Waals surface area contributed by atoms with Gasteiger partial charge in [0.15, 0.2) is 0 Å². The minimum atomic E-state index is -0.624. The van der Waals surface area contributed by atoms with E-state index < -0.39 is 17.7 Å². The van der Waals surface area contributed by atoms with Gasteiger partial charge in [0, 0.05) is 6.54 Å². The van der Waals surface area contributed by atoms with Crippen LogP contribution in [0.3, 0.4) is 0 Å². The van der Waals surface area contributed by atoms with Crippen molar-refractivity contribution in [1.82, 2.24) is 4.98 Å². The molecule has 4 nitrogen and oxygen atoms in total. The number of hydrogen-bond donors (Lipinski definition) is 1. The molecule has 14 heavy (non-hydrogen) atoms. The van der Waals surface area contributed by atoms with E-state index >= 15 is 0 Å². The molecule has 0 aromatic carbocycles. The third-order valence-corrected chi connectivity index (χ3v) is 1.83. The minimum Gasteiger partial charge on any atom is -0.468 e. The van der Waals surface area contributed by atoms with E-state index in [9.17, 15) is 9.18 Å². The van der Waals surface area contributed by atoms with Crippen LogP contribution >= 0.6 is 0 Å². The zero-order chi connectivity index (χ0) is 10.6. The van der Waals surface area contributed by atoms with Gasteiger partial charge in [0.05, 0.1) is 19.0 Å². The molecule has 0 saturated carbocycles. The molecule has 0 radical (unpaired) electrons. The molecule has 1 atom stereocenters. The first kappa shape index (κ1) is 10.6. The lowest BCUT2D eigenvalue weighted by atomic mass is 10.1. The van der Waals surface area contributed by atoms with Crippen molar-refractivity contribution >= 4 is 5.97 Å². The largest absolute Gasteiger partial charge is 0.468 e. The van der Waals surface area contributed by atoms with E-state index in [4.69, 9.17) is 5.73 Å². The van der Waals surface area contributed by atoms with E-state index in [0.717, 1.165) is 6.20 Å². The normalized spacial score (nSPS) is 12.2. The number of aromatic nitrogens is 1. The van der Waals surface area contributed by atoms with E-state index in [0.29, 0.717) is 5.69 Å². The Bertz CT molecular complexity index is 313. The van der Waals surface area contributed by atoms with Gasteiger partial charge in [-0.3, -0.25) is 9.78 Å². The highest BCUT2D eigenvalue weighted by atomic mass is 19.1. The van der Waals surface area contributed by atoms with Gasteiger partial charge in [-0.25, -0.2) is 4.39 Å². The van der Waals surface area contributed by atoms with Gasteiger partial charge in [-0.15, -0.1) is 0 Å². The summed E-state index contributed by atoms with van der Waals surface area (Å²) in [4.78, 5) is 15.0. The number of carbonyl (C=O) groups is 1. The predicted molar refractivity (Wildman–Crippen MR) is 48.0 cm³/mol. The molecule has 0 saturated heterocycles. The Hall–Kier alpha value is -1.49. The molecule has 2 N–H and O–H groups in total. The number of halogens is 1. The van der Waals surface area contributed by atoms with Crippen LogP contribution in [0.5, 0.6) is 0 Å². The number of esters is 1. The molecule has 5 heteroatoms. The molecule has 0 amide bonds. The third-order valence-electron chi connectivity index (χ3n) is 1.83. The van der Waals surface area contributed by atoms with Crippen molar-refractivity contribution < 1.29 is 13.9 Å². The maximum atomic E-state index is 12.5. The molecular weight excluding hydrogens is 187 g/mol. The number of carbonyl (C=O) groups excluding carboxylic acids is 1. The van der Waals surface area contributed by atoms with Crippen molar-refractivity contribution in [1.29, 1.82) is 0 Å². The van der Waals surface area contributed by atoms with Crippen molar-refractivity contribution in [3.63, 3.8) is 0 Å². The van der Waals surface area contributed by atoms with Gasteiger partial charge >= 0.3 is 5.97 Å². The summed E-state index contributed by atoms with van der Waals surface area (Å²) in [5.41, 5.74) is 5.80. The summed E-state index contributed by atoms with van der Waals surface area (Å²) in [6, 6.07) is 2.65. The summed E-state index contributed by atoms with van der Waals surface area (Å²) in [6.45, 7) is 0.0886. The summed E-state index contributed by atoms with van der Waals surface area (Å²) in [6.07, 6.45) is 1.04. The Labute approximate surface area is 80.9 Å². The summed E-state index contributed by atoms with van der Waals surface area (Å²) in [7, 11) is 1.27. The molecule has 1 rings (SSSR count). The lowest BCUT2D eigenvalue weighted by molar-refractivity contribution is -0.142. The van der Waals surface area contributed by atoms with E-state index in [-0.39, 0.29) is 6.54 Å². The Morgan fingerprint density at radius 2 is 2.43 bits per heavy atom. The first-order chi connectivity index (χ1) is 6.69. The average Bonchev–Trinajstić information content (AvgIpc) is 2.21. The Balaban J connectivity index is 2.89. The third kappa shape index (κ3) is 2.26. The fourth-order valence-corrected chi connectivity index (χ4v) is 1.07. The molecule has 0 bridgehead atoms. The number of rotatable bonds is 3.